The Hall–Kier alpha value is -2.66. The smallest absolute Gasteiger partial charge is 0.339 e. The molecule has 0 aliphatic rings. The average Bonchev–Trinajstić information content (AvgIpc) is 2.70. The van der Waals surface area contributed by atoms with Gasteiger partial charge < -0.3 is 10.6 Å². The molecule has 0 aliphatic heterocycles. The quantitative estimate of drug-likeness (QED) is 0.515. The van der Waals surface area contributed by atoms with Crippen LogP contribution in [0.2, 0.25) is 0 Å². The number of amides is 1. The molecular weight excluding hydrogens is 352 g/mol. The average molecular weight is 383 g/mol. The summed E-state index contributed by atoms with van der Waals surface area (Å²) < 4.78 is 0. The molecule has 2 aromatic carbocycles. The molecule has 1 atom stereocenters. The van der Waals surface area contributed by atoms with Gasteiger partial charge in [0.05, 0.1) is 6.42 Å². The first-order valence-corrected chi connectivity index (χ1v) is 9.82. The van der Waals surface area contributed by atoms with Crippen molar-refractivity contribution in [3.8, 4) is 0 Å². The summed E-state index contributed by atoms with van der Waals surface area (Å²) in [5.74, 6) is -1.06. The van der Waals surface area contributed by atoms with Crippen LogP contribution < -0.4 is 11.2 Å². The van der Waals surface area contributed by atoms with Gasteiger partial charge in [0, 0.05) is 0 Å². The van der Waals surface area contributed by atoms with E-state index in [1.165, 1.54) is 11.1 Å². The molecule has 0 aliphatic carbocycles. The van der Waals surface area contributed by atoms with Crippen molar-refractivity contribution in [1.29, 1.82) is 0 Å². The Morgan fingerprint density at radius 3 is 2.00 bits per heavy atom. The van der Waals surface area contributed by atoms with Crippen LogP contribution in [0.25, 0.3) is 0 Å². The molecule has 0 fully saturated rings. The second-order valence-electron chi connectivity index (χ2n) is 7.40. The van der Waals surface area contributed by atoms with Crippen LogP contribution in [-0.2, 0) is 33.7 Å². The zero-order valence-electron chi connectivity index (χ0n) is 16.7. The molecular formula is C23H30N2O3. The third kappa shape index (κ3) is 7.53. The lowest BCUT2D eigenvalue weighted by Gasteiger charge is -2.14. The Labute approximate surface area is 167 Å². The number of unbranched alkanes of at least 4 members (excludes halogenated alkanes) is 1. The molecule has 28 heavy (non-hydrogen) atoms. The van der Waals surface area contributed by atoms with Gasteiger partial charge in [0.2, 0.25) is 0 Å². The van der Waals surface area contributed by atoms with E-state index in [1.807, 2.05) is 44.2 Å². The van der Waals surface area contributed by atoms with Crippen molar-refractivity contribution in [2.24, 2.45) is 11.7 Å². The highest BCUT2D eigenvalue weighted by molar-refractivity contribution is 5.81. The molecule has 0 spiro atoms. The van der Waals surface area contributed by atoms with Crippen LogP contribution in [0.3, 0.4) is 0 Å². The Bertz CT molecular complexity index is 742. The van der Waals surface area contributed by atoms with E-state index in [0.29, 0.717) is 0 Å². The number of hydroxylamine groups is 1. The normalized spacial score (nSPS) is 11.9. The van der Waals surface area contributed by atoms with E-state index in [9.17, 15) is 9.59 Å². The van der Waals surface area contributed by atoms with Crippen LogP contribution in [0, 0.1) is 5.92 Å². The Morgan fingerprint density at radius 1 is 0.893 bits per heavy atom. The number of rotatable bonds is 9. The topological polar surface area (TPSA) is 81.4 Å². The van der Waals surface area contributed by atoms with Gasteiger partial charge in [0.1, 0.15) is 6.04 Å². The van der Waals surface area contributed by atoms with Crippen molar-refractivity contribution in [3.63, 3.8) is 0 Å². The molecule has 5 nitrogen and oxygen atoms in total. The van der Waals surface area contributed by atoms with Gasteiger partial charge in [-0.3, -0.25) is 4.79 Å². The molecule has 150 valence electrons. The maximum atomic E-state index is 11.9. The van der Waals surface area contributed by atoms with Gasteiger partial charge in [-0.25, -0.2) is 4.79 Å². The molecule has 0 saturated heterocycles. The number of nitrogens with one attached hydrogen (secondary N) is 1. The largest absolute Gasteiger partial charge is 0.349 e. The maximum absolute atomic E-state index is 11.9. The monoisotopic (exact) mass is 382 g/mol. The third-order valence-corrected chi connectivity index (χ3v) is 4.67. The van der Waals surface area contributed by atoms with E-state index in [0.717, 1.165) is 31.2 Å². The van der Waals surface area contributed by atoms with Crippen LogP contribution >= 0.6 is 0 Å². The molecule has 0 unspecified atom stereocenters. The number of hydrogen-bond acceptors (Lipinski definition) is 4. The fourth-order valence-corrected chi connectivity index (χ4v) is 2.80. The van der Waals surface area contributed by atoms with Crippen molar-refractivity contribution in [2.45, 2.75) is 52.0 Å². The summed E-state index contributed by atoms with van der Waals surface area (Å²) in [7, 11) is 0. The molecule has 0 aromatic heterocycles. The summed E-state index contributed by atoms with van der Waals surface area (Å²) in [5.41, 5.74) is 11.3. The van der Waals surface area contributed by atoms with Crippen LogP contribution in [0.1, 0.15) is 43.4 Å². The summed E-state index contributed by atoms with van der Waals surface area (Å²) in [6.07, 6.45) is 4.54. The van der Waals surface area contributed by atoms with Gasteiger partial charge in [0.15, 0.2) is 0 Å². The van der Waals surface area contributed by atoms with E-state index < -0.39 is 12.0 Å². The van der Waals surface area contributed by atoms with Crippen LogP contribution in [-0.4, -0.2) is 17.9 Å². The zero-order valence-corrected chi connectivity index (χ0v) is 16.7. The lowest BCUT2D eigenvalue weighted by Crippen LogP contribution is -2.41. The predicted molar refractivity (Wildman–Crippen MR) is 110 cm³/mol. The van der Waals surface area contributed by atoms with Crippen LogP contribution in [0.15, 0.2) is 54.6 Å². The Balaban J connectivity index is 1.68. The summed E-state index contributed by atoms with van der Waals surface area (Å²) in [4.78, 5) is 28.3. The van der Waals surface area contributed by atoms with E-state index >= 15 is 0 Å². The number of hydrogen-bond donors (Lipinski definition) is 2. The number of aryl methyl sites for hydroxylation is 2. The highest BCUT2D eigenvalue weighted by atomic mass is 16.7. The highest BCUT2D eigenvalue weighted by Crippen LogP contribution is 2.11. The van der Waals surface area contributed by atoms with Gasteiger partial charge in [-0.05, 0) is 48.3 Å². The first-order valence-electron chi connectivity index (χ1n) is 9.82. The molecule has 0 radical (unpaired) electrons. The molecule has 2 rings (SSSR count). The molecule has 1 amide bonds. The third-order valence-electron chi connectivity index (χ3n) is 4.67. The molecule has 2 aromatic rings. The number of carbonyl (C=O) groups is 2. The first kappa shape index (κ1) is 21.6. The Kier molecular flexibility index (Phi) is 8.69. The van der Waals surface area contributed by atoms with Crippen molar-refractivity contribution in [2.75, 3.05) is 0 Å². The highest BCUT2D eigenvalue weighted by Gasteiger charge is 2.20. The summed E-state index contributed by atoms with van der Waals surface area (Å²) in [5, 5.41) is 0. The van der Waals surface area contributed by atoms with Gasteiger partial charge in [-0.15, -0.1) is 0 Å². The van der Waals surface area contributed by atoms with E-state index in [1.54, 1.807) is 0 Å². The van der Waals surface area contributed by atoms with E-state index in [4.69, 9.17) is 10.6 Å². The summed E-state index contributed by atoms with van der Waals surface area (Å²) in [6.45, 7) is 3.63. The SMILES string of the molecule is CC(C)[C@H](N)C(=O)ONC(=O)Cc1ccc(CCCCc2ccccc2)cc1. The maximum Gasteiger partial charge on any atom is 0.349 e. The minimum absolute atomic E-state index is 0.0513. The van der Waals surface area contributed by atoms with E-state index in [2.05, 4.69) is 29.7 Å². The zero-order chi connectivity index (χ0) is 20.4. The minimum Gasteiger partial charge on any atom is -0.339 e. The van der Waals surface area contributed by atoms with Crippen molar-refractivity contribution in [1.82, 2.24) is 5.48 Å². The van der Waals surface area contributed by atoms with Crippen LogP contribution in [0.4, 0.5) is 0 Å². The molecule has 5 heteroatoms. The molecule has 0 saturated carbocycles. The number of nitrogens with two attached hydrogens (primary N) is 1. The fraction of sp³-hybridized carbons (Fsp3) is 0.391. The number of carbonyl (C=O) groups excluding carboxylic acids is 2. The van der Waals surface area contributed by atoms with E-state index in [-0.39, 0.29) is 18.2 Å². The van der Waals surface area contributed by atoms with Crippen molar-refractivity contribution < 1.29 is 14.4 Å². The molecule has 3 N–H and O–H groups in total. The van der Waals surface area contributed by atoms with Gasteiger partial charge in [-0.2, -0.15) is 5.48 Å². The van der Waals surface area contributed by atoms with Crippen molar-refractivity contribution in [3.05, 3.63) is 71.3 Å². The van der Waals surface area contributed by atoms with Gasteiger partial charge in [-0.1, -0.05) is 68.4 Å². The second-order valence-corrected chi connectivity index (χ2v) is 7.40. The second kappa shape index (κ2) is 11.2. The Morgan fingerprint density at radius 2 is 1.43 bits per heavy atom. The lowest BCUT2D eigenvalue weighted by atomic mass is 10.0. The standard InChI is InChI=1S/C23H30N2O3/c1-17(2)22(24)23(27)28-25-21(26)16-20-14-12-19(13-15-20)11-7-6-10-18-8-4-3-5-9-18/h3-5,8-9,12-15,17,22H,6-7,10-11,16,24H2,1-2H3,(H,25,26)/t22-/m0/s1. The summed E-state index contributed by atoms with van der Waals surface area (Å²) in [6, 6.07) is 17.7. The fourth-order valence-electron chi connectivity index (χ4n) is 2.80. The van der Waals surface area contributed by atoms with Gasteiger partial charge in [0.25, 0.3) is 5.91 Å². The molecule has 0 heterocycles. The lowest BCUT2D eigenvalue weighted by molar-refractivity contribution is -0.160. The first-order chi connectivity index (χ1) is 13.5. The predicted octanol–water partition coefficient (Wildman–Crippen LogP) is 3.35. The molecule has 0 bridgehead atoms. The van der Waals surface area contributed by atoms with Crippen molar-refractivity contribution >= 4 is 11.9 Å². The number of benzene rings is 2. The van der Waals surface area contributed by atoms with Gasteiger partial charge >= 0.3 is 5.97 Å². The summed E-state index contributed by atoms with van der Waals surface area (Å²) >= 11 is 0. The minimum atomic E-state index is -0.749. The van der Waals surface area contributed by atoms with Crippen LogP contribution in [0.5, 0.6) is 0 Å².